The van der Waals surface area contributed by atoms with E-state index in [9.17, 15) is 4.79 Å². The van der Waals surface area contributed by atoms with Gasteiger partial charge in [-0.1, -0.05) is 43.7 Å². The Kier molecular flexibility index (Phi) is 5.85. The molecule has 0 radical (unpaired) electrons. The molecular weight excluding hydrogens is 388 g/mol. The summed E-state index contributed by atoms with van der Waals surface area (Å²) in [6.45, 7) is 4.01. The zero-order valence-corrected chi connectivity index (χ0v) is 18.4. The molecule has 3 heterocycles. The maximum atomic E-state index is 13.3. The van der Waals surface area contributed by atoms with Gasteiger partial charge >= 0.3 is 0 Å². The van der Waals surface area contributed by atoms with E-state index in [-0.39, 0.29) is 11.6 Å². The molecule has 31 heavy (non-hydrogen) atoms. The van der Waals surface area contributed by atoms with Gasteiger partial charge in [0.15, 0.2) is 5.82 Å². The van der Waals surface area contributed by atoms with E-state index >= 15 is 0 Å². The van der Waals surface area contributed by atoms with E-state index in [0.717, 1.165) is 61.1 Å². The lowest BCUT2D eigenvalue weighted by atomic mass is 9.95. The highest BCUT2D eigenvalue weighted by atomic mass is 16.1. The maximum absolute atomic E-state index is 13.3. The quantitative estimate of drug-likeness (QED) is 0.681. The first-order valence-electron chi connectivity index (χ1n) is 11.9. The number of rotatable bonds is 4. The Labute approximate surface area is 182 Å². The molecule has 0 spiro atoms. The Hall–Kier alpha value is -2.54. The van der Waals surface area contributed by atoms with Gasteiger partial charge in [0.1, 0.15) is 6.04 Å². The number of aromatic nitrogens is 5. The highest BCUT2D eigenvalue weighted by Crippen LogP contribution is 2.34. The van der Waals surface area contributed by atoms with Crippen molar-refractivity contribution in [2.45, 2.75) is 76.8 Å². The number of fused-ring (bicyclic) bond motifs is 1. The molecule has 0 amide bonds. The van der Waals surface area contributed by atoms with Gasteiger partial charge in [0.05, 0.1) is 6.04 Å². The van der Waals surface area contributed by atoms with Crippen molar-refractivity contribution < 1.29 is 0 Å². The maximum Gasteiger partial charge on any atom is 0.253 e. The lowest BCUT2D eigenvalue weighted by Gasteiger charge is -2.31. The lowest BCUT2D eigenvalue weighted by Crippen LogP contribution is -2.36. The molecule has 164 valence electrons. The number of aryl methyl sites for hydroxylation is 1. The number of tetrazole rings is 1. The van der Waals surface area contributed by atoms with Crippen LogP contribution >= 0.6 is 0 Å². The second-order valence-corrected chi connectivity index (χ2v) is 9.27. The summed E-state index contributed by atoms with van der Waals surface area (Å²) >= 11 is 0. The number of likely N-dealkylation sites (tertiary alicyclic amines) is 1. The number of pyridine rings is 1. The molecule has 1 aliphatic heterocycles. The summed E-state index contributed by atoms with van der Waals surface area (Å²) in [6.07, 6.45) is 10.7. The van der Waals surface area contributed by atoms with E-state index in [4.69, 9.17) is 0 Å². The first-order chi connectivity index (χ1) is 15.2. The molecule has 1 saturated heterocycles. The Bertz CT molecular complexity index is 1090. The topological polar surface area (TPSA) is 79.7 Å². The monoisotopic (exact) mass is 420 g/mol. The molecule has 1 aliphatic carbocycles. The zero-order valence-electron chi connectivity index (χ0n) is 18.4. The van der Waals surface area contributed by atoms with Crippen LogP contribution in [0.1, 0.15) is 86.8 Å². The number of benzene rings is 1. The number of aromatic amines is 1. The van der Waals surface area contributed by atoms with Crippen LogP contribution in [0.4, 0.5) is 0 Å². The standard InChI is InChI=1S/C24H32N6O/c1-17-11-12-21-18(15-17)16-20(24(31)25-21)22(29-13-7-2-3-8-14-29)23-26-27-28-30(23)19-9-5-4-6-10-19/h11-12,15-16,19,22H,2-10,13-14H2,1H3,(H,25,31)/t22-/m1/s1. The summed E-state index contributed by atoms with van der Waals surface area (Å²) in [5.74, 6) is 0.825. The van der Waals surface area contributed by atoms with Crippen molar-refractivity contribution in [1.82, 2.24) is 30.1 Å². The van der Waals surface area contributed by atoms with Gasteiger partial charge in [-0.15, -0.1) is 5.10 Å². The third kappa shape index (κ3) is 4.15. The fourth-order valence-electron chi connectivity index (χ4n) is 5.36. The molecular formula is C24H32N6O. The summed E-state index contributed by atoms with van der Waals surface area (Å²) in [5.41, 5.74) is 2.78. The average molecular weight is 421 g/mol. The van der Waals surface area contributed by atoms with E-state index in [1.807, 2.05) is 16.8 Å². The van der Waals surface area contributed by atoms with Crippen molar-refractivity contribution in [2.75, 3.05) is 13.1 Å². The molecule has 5 rings (SSSR count). The Morgan fingerprint density at radius 1 is 1.00 bits per heavy atom. The molecule has 1 atom stereocenters. The third-order valence-electron chi connectivity index (χ3n) is 7.01. The second-order valence-electron chi connectivity index (χ2n) is 9.27. The van der Waals surface area contributed by atoms with E-state index < -0.39 is 0 Å². The van der Waals surface area contributed by atoms with Crippen LogP contribution < -0.4 is 5.56 Å². The van der Waals surface area contributed by atoms with E-state index in [2.05, 4.69) is 44.5 Å². The first-order valence-corrected chi connectivity index (χ1v) is 11.9. The summed E-state index contributed by atoms with van der Waals surface area (Å²) in [5, 5.41) is 14.1. The van der Waals surface area contributed by atoms with Crippen LogP contribution in [0.15, 0.2) is 29.1 Å². The van der Waals surface area contributed by atoms with Gasteiger partial charge in [-0.25, -0.2) is 4.68 Å². The molecule has 1 N–H and O–H groups in total. The van der Waals surface area contributed by atoms with Gasteiger partial charge < -0.3 is 4.98 Å². The third-order valence-corrected chi connectivity index (χ3v) is 7.01. The highest BCUT2D eigenvalue weighted by molar-refractivity contribution is 5.79. The molecule has 1 aromatic carbocycles. The fourth-order valence-corrected chi connectivity index (χ4v) is 5.36. The van der Waals surface area contributed by atoms with Crippen molar-refractivity contribution >= 4 is 10.9 Å². The minimum atomic E-state index is -0.219. The summed E-state index contributed by atoms with van der Waals surface area (Å²) < 4.78 is 2.04. The Morgan fingerprint density at radius 3 is 2.52 bits per heavy atom. The van der Waals surface area contributed by atoms with Gasteiger partial charge in [0, 0.05) is 11.1 Å². The summed E-state index contributed by atoms with van der Waals surface area (Å²) in [6, 6.07) is 8.34. The van der Waals surface area contributed by atoms with E-state index in [1.54, 1.807) is 0 Å². The molecule has 7 heteroatoms. The van der Waals surface area contributed by atoms with E-state index in [1.165, 1.54) is 37.7 Å². The zero-order chi connectivity index (χ0) is 21.2. The van der Waals surface area contributed by atoms with Gasteiger partial charge in [-0.2, -0.15) is 0 Å². The van der Waals surface area contributed by atoms with Crippen LogP contribution in [0.2, 0.25) is 0 Å². The predicted octanol–water partition coefficient (Wildman–Crippen LogP) is 4.29. The number of nitrogens with one attached hydrogen (secondary N) is 1. The Morgan fingerprint density at radius 2 is 1.74 bits per heavy atom. The van der Waals surface area contributed by atoms with Crippen LogP contribution in [-0.4, -0.2) is 43.2 Å². The van der Waals surface area contributed by atoms with Crippen molar-refractivity contribution in [3.8, 4) is 0 Å². The van der Waals surface area contributed by atoms with Crippen LogP contribution in [0.3, 0.4) is 0 Å². The lowest BCUT2D eigenvalue weighted by molar-refractivity contribution is 0.210. The SMILES string of the molecule is Cc1ccc2[nH]c(=O)c([C@H](c3nnnn3C3CCCCC3)N3CCCCCC3)cc2c1. The minimum Gasteiger partial charge on any atom is -0.322 e. The smallest absolute Gasteiger partial charge is 0.253 e. The second kappa shape index (κ2) is 8.91. The van der Waals surface area contributed by atoms with Crippen LogP contribution in [-0.2, 0) is 0 Å². The first kappa shape index (κ1) is 20.4. The molecule has 0 unspecified atom stereocenters. The van der Waals surface area contributed by atoms with Crippen molar-refractivity contribution in [1.29, 1.82) is 0 Å². The minimum absolute atomic E-state index is 0.0382. The molecule has 2 fully saturated rings. The van der Waals surface area contributed by atoms with Crippen LogP contribution in [0.5, 0.6) is 0 Å². The Balaban J connectivity index is 1.64. The molecule has 2 aliphatic rings. The fraction of sp³-hybridized carbons (Fsp3) is 0.583. The van der Waals surface area contributed by atoms with Gasteiger partial charge in [0.25, 0.3) is 5.56 Å². The van der Waals surface area contributed by atoms with Crippen molar-refractivity contribution in [3.63, 3.8) is 0 Å². The summed E-state index contributed by atoms with van der Waals surface area (Å²) in [4.78, 5) is 18.9. The van der Waals surface area contributed by atoms with Crippen LogP contribution in [0, 0.1) is 6.92 Å². The molecule has 1 saturated carbocycles. The van der Waals surface area contributed by atoms with Crippen molar-refractivity contribution in [3.05, 3.63) is 51.6 Å². The predicted molar refractivity (Wildman–Crippen MR) is 121 cm³/mol. The number of hydrogen-bond acceptors (Lipinski definition) is 5. The molecule has 0 bridgehead atoms. The highest BCUT2D eigenvalue weighted by Gasteiger charge is 2.33. The molecule has 3 aromatic rings. The number of nitrogens with zero attached hydrogens (tertiary/aromatic N) is 5. The average Bonchev–Trinajstić information content (AvgIpc) is 3.10. The van der Waals surface area contributed by atoms with Crippen LogP contribution in [0.25, 0.3) is 10.9 Å². The summed E-state index contributed by atoms with van der Waals surface area (Å²) in [7, 11) is 0. The number of H-pyrrole nitrogens is 1. The van der Waals surface area contributed by atoms with Gasteiger partial charge in [0.2, 0.25) is 0 Å². The van der Waals surface area contributed by atoms with Gasteiger partial charge in [-0.3, -0.25) is 9.69 Å². The van der Waals surface area contributed by atoms with Crippen molar-refractivity contribution in [2.24, 2.45) is 0 Å². The van der Waals surface area contributed by atoms with Gasteiger partial charge in [-0.05, 0) is 79.7 Å². The van der Waals surface area contributed by atoms with E-state index in [0.29, 0.717) is 6.04 Å². The molecule has 2 aromatic heterocycles. The normalized spacial score (nSPS) is 20.0. The largest absolute Gasteiger partial charge is 0.322 e. The molecule has 7 nitrogen and oxygen atoms in total. The number of hydrogen-bond donors (Lipinski definition) is 1.